The Morgan fingerprint density at radius 3 is 2.44 bits per heavy atom. The van der Waals surface area contributed by atoms with Crippen molar-refractivity contribution in [1.82, 2.24) is 5.32 Å². The maximum Gasteiger partial charge on any atom is 0.251 e. The second kappa shape index (κ2) is 15.9. The Hall–Kier alpha value is -3.83. The lowest BCUT2D eigenvalue weighted by Crippen LogP contribution is -2.33. The number of hydrogen-bond donors (Lipinski definition) is 2. The number of carbonyl (C=O) groups is 2. The van der Waals surface area contributed by atoms with Crippen LogP contribution in [0.15, 0.2) is 71.7 Å². The summed E-state index contributed by atoms with van der Waals surface area (Å²) in [5, 5.41) is 17.8. The highest BCUT2D eigenvalue weighted by molar-refractivity contribution is 6.32. The largest absolute Gasteiger partial charge is 0.488 e. The lowest BCUT2D eigenvalue weighted by molar-refractivity contribution is -0.122. The number of nitrogens with two attached hydrogens (primary N) is 1. The molecule has 1 rings (SSSR count). The van der Waals surface area contributed by atoms with E-state index < -0.39 is 11.8 Å². The number of anilines is 1. The number of rotatable bonds is 11. The van der Waals surface area contributed by atoms with E-state index in [1.165, 1.54) is 6.08 Å². The van der Waals surface area contributed by atoms with E-state index in [2.05, 4.69) is 23.6 Å². The topological polar surface area (TPSA) is 121 Å². The van der Waals surface area contributed by atoms with Crippen molar-refractivity contribution in [3.63, 3.8) is 0 Å². The molecule has 8 nitrogen and oxygen atoms in total. The third-order valence-electron chi connectivity index (χ3n) is 3.85. The molecule has 0 aromatic heterocycles. The van der Waals surface area contributed by atoms with Gasteiger partial charge in [-0.2, -0.15) is 10.4 Å². The van der Waals surface area contributed by atoms with E-state index in [9.17, 15) is 9.59 Å². The number of ether oxygens (including phenoxy) is 1. The zero-order valence-electron chi connectivity index (χ0n) is 20.3. The third kappa shape index (κ3) is 10.7. The summed E-state index contributed by atoms with van der Waals surface area (Å²) in [5.41, 5.74) is 7.45. The molecule has 0 aliphatic heterocycles. The first-order chi connectivity index (χ1) is 16.1. The predicted octanol–water partition coefficient (Wildman–Crippen LogP) is 4.59. The highest BCUT2D eigenvalue weighted by atomic mass is 35.5. The summed E-state index contributed by atoms with van der Waals surface area (Å²) in [6.45, 7) is 16.8. The fourth-order valence-electron chi connectivity index (χ4n) is 2.24. The molecular weight excluding hydrogens is 454 g/mol. The summed E-state index contributed by atoms with van der Waals surface area (Å²) in [4.78, 5) is 22.5. The van der Waals surface area contributed by atoms with E-state index in [4.69, 9.17) is 27.3 Å². The van der Waals surface area contributed by atoms with Gasteiger partial charge in [-0.3, -0.25) is 9.59 Å². The quantitative estimate of drug-likeness (QED) is 0.156. The van der Waals surface area contributed by atoms with Gasteiger partial charge in [-0.1, -0.05) is 38.6 Å². The number of benzene rings is 1. The van der Waals surface area contributed by atoms with Crippen LogP contribution in [-0.4, -0.2) is 30.7 Å². The summed E-state index contributed by atoms with van der Waals surface area (Å²) in [6.07, 6.45) is 4.77. The minimum absolute atomic E-state index is 0.144. The summed E-state index contributed by atoms with van der Waals surface area (Å²) >= 11 is 6.13. The molecule has 0 saturated heterocycles. The average Bonchev–Trinajstić information content (AvgIpc) is 2.81. The molecule has 3 N–H and O–H groups in total. The molecule has 0 unspecified atom stereocenters. The molecule has 1 aromatic carbocycles. The van der Waals surface area contributed by atoms with Crippen LogP contribution in [0.3, 0.4) is 0 Å². The smallest absolute Gasteiger partial charge is 0.251 e. The minimum atomic E-state index is -0.644. The van der Waals surface area contributed by atoms with Gasteiger partial charge in [0.15, 0.2) is 0 Å². The van der Waals surface area contributed by atoms with Crippen LogP contribution in [0.25, 0.3) is 0 Å². The van der Waals surface area contributed by atoms with Crippen molar-refractivity contribution in [2.45, 2.75) is 34.6 Å². The van der Waals surface area contributed by atoms with Crippen molar-refractivity contribution < 1.29 is 14.3 Å². The van der Waals surface area contributed by atoms with Gasteiger partial charge >= 0.3 is 0 Å². The number of nitriles is 1. The zero-order chi connectivity index (χ0) is 26.3. The van der Waals surface area contributed by atoms with Crippen LogP contribution in [0.2, 0.25) is 5.02 Å². The first-order valence-corrected chi connectivity index (χ1v) is 10.9. The summed E-state index contributed by atoms with van der Waals surface area (Å²) in [5.74, 6) is -0.660. The fraction of sp³-hybridized carbons (Fsp3) is 0.280. The third-order valence-corrected chi connectivity index (χ3v) is 4.16. The van der Waals surface area contributed by atoms with Crippen LogP contribution in [0.5, 0.6) is 0 Å². The van der Waals surface area contributed by atoms with Gasteiger partial charge in [-0.05, 0) is 57.2 Å². The molecule has 34 heavy (non-hydrogen) atoms. The molecule has 0 heterocycles. The van der Waals surface area contributed by atoms with E-state index in [0.717, 1.165) is 0 Å². The first kappa shape index (κ1) is 30.2. The Morgan fingerprint density at radius 2 is 1.94 bits per heavy atom. The van der Waals surface area contributed by atoms with Gasteiger partial charge in [-0.25, -0.2) is 5.01 Å². The Balaban J connectivity index is 0.00000529. The number of nitrogens with zero attached hydrogens (tertiary/aromatic N) is 3. The van der Waals surface area contributed by atoms with Gasteiger partial charge < -0.3 is 15.8 Å². The van der Waals surface area contributed by atoms with Gasteiger partial charge in [0.1, 0.15) is 18.4 Å². The van der Waals surface area contributed by atoms with Crippen LogP contribution < -0.4 is 16.1 Å². The molecule has 0 saturated carbocycles. The lowest BCUT2D eigenvalue weighted by Gasteiger charge is -2.21. The van der Waals surface area contributed by atoms with Gasteiger partial charge in [0.25, 0.3) is 5.91 Å². The molecule has 9 heteroatoms. The molecule has 0 atom stereocenters. The molecular formula is C25H32ClN5O3. The molecule has 1 aromatic rings. The van der Waals surface area contributed by atoms with Gasteiger partial charge in [-0.15, -0.1) is 0 Å². The van der Waals surface area contributed by atoms with Crippen molar-refractivity contribution in [1.29, 1.82) is 5.26 Å². The second-order valence-electron chi connectivity index (χ2n) is 6.65. The van der Waals surface area contributed by atoms with Gasteiger partial charge in [0, 0.05) is 11.3 Å². The number of hydrogen-bond acceptors (Lipinski definition) is 6. The van der Waals surface area contributed by atoms with E-state index in [0.29, 0.717) is 33.4 Å². The second-order valence-corrected chi connectivity index (χ2v) is 7.05. The molecule has 0 radical (unpaired) electrons. The molecule has 0 fully saturated rings. The van der Waals surface area contributed by atoms with E-state index in [1.807, 2.05) is 19.9 Å². The molecule has 182 valence electrons. The normalized spacial score (nSPS) is 11.1. The highest BCUT2D eigenvalue weighted by Gasteiger charge is 2.10. The van der Waals surface area contributed by atoms with Crippen LogP contribution in [-0.2, 0) is 14.3 Å². The van der Waals surface area contributed by atoms with Crippen LogP contribution in [0.1, 0.15) is 40.2 Å². The van der Waals surface area contributed by atoms with E-state index in [-0.39, 0.29) is 18.7 Å². The van der Waals surface area contributed by atoms with Gasteiger partial charge in [0.2, 0.25) is 5.91 Å². The zero-order valence-corrected chi connectivity index (χ0v) is 21.1. The number of amides is 2. The lowest BCUT2D eigenvalue weighted by atomic mass is 10.2. The number of allylic oxidation sites excluding steroid dienone is 3. The number of halogens is 1. The maximum atomic E-state index is 11.8. The molecule has 2 amide bonds. The molecule has 0 aliphatic carbocycles. The summed E-state index contributed by atoms with van der Waals surface area (Å²) < 4.78 is 5.73. The Labute approximate surface area is 206 Å². The summed E-state index contributed by atoms with van der Waals surface area (Å²) in [6, 6.07) is 7.00. The monoisotopic (exact) mass is 485 g/mol. The number of nitrogens with one attached hydrogen (secondary N) is 1. The predicted molar refractivity (Wildman–Crippen MR) is 138 cm³/mol. The van der Waals surface area contributed by atoms with Crippen molar-refractivity contribution in [3.8, 4) is 6.07 Å². The Kier molecular flexibility index (Phi) is 14.1. The van der Waals surface area contributed by atoms with Crippen molar-refractivity contribution in [2.24, 2.45) is 10.8 Å². The maximum absolute atomic E-state index is 11.8. The van der Waals surface area contributed by atoms with Crippen molar-refractivity contribution in [2.75, 3.05) is 18.2 Å². The van der Waals surface area contributed by atoms with Crippen LogP contribution >= 0.6 is 11.6 Å². The van der Waals surface area contributed by atoms with E-state index >= 15 is 0 Å². The highest BCUT2D eigenvalue weighted by Crippen LogP contribution is 2.25. The molecule has 0 bridgehead atoms. The number of primary amides is 1. The van der Waals surface area contributed by atoms with Gasteiger partial charge in [0.05, 0.1) is 28.5 Å². The SMILES string of the molecule is C=C(/C=C\C(=C/C)OC/C(C)=N\N(C(=C)C)c1ccc(C#N)c(Cl)c1)C(=O)NCC(N)=O.CC. The fourth-order valence-corrected chi connectivity index (χ4v) is 2.46. The Bertz CT molecular complexity index is 1040. The van der Waals surface area contributed by atoms with Crippen molar-refractivity contribution >= 4 is 34.8 Å². The Morgan fingerprint density at radius 1 is 1.29 bits per heavy atom. The minimum Gasteiger partial charge on any atom is -0.488 e. The van der Waals surface area contributed by atoms with E-state index in [1.54, 1.807) is 56.1 Å². The number of hydrazone groups is 1. The summed E-state index contributed by atoms with van der Waals surface area (Å²) in [7, 11) is 0. The molecule has 0 aliphatic rings. The van der Waals surface area contributed by atoms with Crippen LogP contribution in [0.4, 0.5) is 5.69 Å². The van der Waals surface area contributed by atoms with Crippen LogP contribution in [0, 0.1) is 11.3 Å². The average molecular weight is 486 g/mol. The standard InChI is InChI=1S/C23H26ClN5O3.C2H6/c1-6-20(10-7-16(4)23(31)27-13-22(26)30)32-14-17(5)28-29(15(2)3)19-9-8-18(12-25)21(24)11-19;1-2/h6-11H,2,4,13-14H2,1,3,5H3,(H2,26,30)(H,27,31);1-2H3/b10-7-,20-6+,28-17-;. The number of carbonyl (C=O) groups excluding carboxylic acids is 2. The van der Waals surface area contributed by atoms with Crippen molar-refractivity contribution in [3.05, 3.63) is 77.2 Å². The first-order valence-electron chi connectivity index (χ1n) is 10.5. The molecule has 0 spiro atoms.